The lowest BCUT2D eigenvalue weighted by molar-refractivity contribution is 0.949. The lowest BCUT2D eigenvalue weighted by Crippen LogP contribution is -2.19. The number of halogens is 1. The smallest absolute Gasteiger partial charge is 0.103 e. The van der Waals surface area contributed by atoms with Crippen molar-refractivity contribution >= 4 is 28.2 Å². The monoisotopic (exact) mass is 257 g/mol. The highest BCUT2D eigenvalue weighted by Gasteiger charge is 2.19. The summed E-state index contributed by atoms with van der Waals surface area (Å²) in [7, 11) is 0. The van der Waals surface area contributed by atoms with Crippen LogP contribution in [0, 0.1) is 11.3 Å². The van der Waals surface area contributed by atoms with E-state index in [1.165, 1.54) is 12.8 Å². The lowest BCUT2D eigenvalue weighted by Gasteiger charge is -2.20. The minimum Gasteiger partial charge on any atom is -0.370 e. The van der Waals surface area contributed by atoms with Crippen molar-refractivity contribution in [3.8, 4) is 6.07 Å². The number of hydrogen-bond donors (Lipinski definition) is 0. The number of aromatic nitrogens is 1. The van der Waals surface area contributed by atoms with Crippen molar-refractivity contribution in [3.63, 3.8) is 0 Å². The molecular formula is C14H12ClN3. The molecule has 3 rings (SSSR count). The Labute approximate surface area is 111 Å². The Hall–Kier alpha value is -1.79. The average Bonchev–Trinajstić information content (AvgIpc) is 2.90. The highest BCUT2D eigenvalue weighted by Crippen LogP contribution is 2.33. The van der Waals surface area contributed by atoms with Crippen LogP contribution in [0.1, 0.15) is 18.4 Å². The van der Waals surface area contributed by atoms with Crippen molar-refractivity contribution in [2.24, 2.45) is 0 Å². The third-order valence-corrected chi connectivity index (χ3v) is 3.58. The number of fused-ring (bicyclic) bond motifs is 1. The van der Waals surface area contributed by atoms with Crippen LogP contribution >= 0.6 is 11.6 Å². The fraction of sp³-hybridized carbons (Fsp3) is 0.286. The Kier molecular flexibility index (Phi) is 2.81. The minimum atomic E-state index is 0.631. The summed E-state index contributed by atoms with van der Waals surface area (Å²) >= 11 is 6.06. The topological polar surface area (TPSA) is 39.9 Å². The Bertz CT molecular complexity index is 639. The molecule has 2 heterocycles. The molecule has 1 aliphatic heterocycles. The first-order valence-electron chi connectivity index (χ1n) is 6.03. The molecule has 0 bridgehead atoms. The summed E-state index contributed by atoms with van der Waals surface area (Å²) in [6.45, 7) is 2.00. The van der Waals surface area contributed by atoms with Gasteiger partial charge in [-0.2, -0.15) is 5.26 Å². The number of rotatable bonds is 1. The van der Waals surface area contributed by atoms with Gasteiger partial charge >= 0.3 is 0 Å². The van der Waals surface area contributed by atoms with E-state index in [1.807, 2.05) is 18.2 Å². The van der Waals surface area contributed by atoms with Crippen molar-refractivity contribution in [1.29, 1.82) is 5.26 Å². The van der Waals surface area contributed by atoms with Gasteiger partial charge in [-0.05, 0) is 31.0 Å². The molecule has 1 aromatic carbocycles. The SMILES string of the molecule is N#Cc1cnc2ccc(Cl)cc2c1N1CCCC1. The highest BCUT2D eigenvalue weighted by atomic mass is 35.5. The Morgan fingerprint density at radius 3 is 2.78 bits per heavy atom. The van der Waals surface area contributed by atoms with Crippen LogP contribution in [0.3, 0.4) is 0 Å². The van der Waals surface area contributed by atoms with Gasteiger partial charge in [-0.1, -0.05) is 11.6 Å². The largest absolute Gasteiger partial charge is 0.370 e. The lowest BCUT2D eigenvalue weighted by atomic mass is 10.1. The number of anilines is 1. The fourth-order valence-electron chi connectivity index (χ4n) is 2.51. The summed E-state index contributed by atoms with van der Waals surface area (Å²) in [6, 6.07) is 7.87. The van der Waals surface area contributed by atoms with Gasteiger partial charge in [0.1, 0.15) is 6.07 Å². The van der Waals surface area contributed by atoms with Gasteiger partial charge < -0.3 is 4.90 Å². The highest BCUT2D eigenvalue weighted by molar-refractivity contribution is 6.31. The van der Waals surface area contributed by atoms with Crippen molar-refractivity contribution in [2.75, 3.05) is 18.0 Å². The number of pyridine rings is 1. The molecule has 0 saturated carbocycles. The maximum absolute atomic E-state index is 9.26. The van der Waals surface area contributed by atoms with Crippen molar-refractivity contribution in [2.45, 2.75) is 12.8 Å². The quantitative estimate of drug-likeness (QED) is 0.786. The second kappa shape index (κ2) is 4.47. The molecule has 1 saturated heterocycles. The second-order valence-corrected chi connectivity index (χ2v) is 4.92. The van der Waals surface area contributed by atoms with Gasteiger partial charge in [-0.25, -0.2) is 0 Å². The molecule has 3 nitrogen and oxygen atoms in total. The summed E-state index contributed by atoms with van der Waals surface area (Å²) in [6.07, 6.45) is 4.01. The predicted octanol–water partition coefficient (Wildman–Crippen LogP) is 3.36. The van der Waals surface area contributed by atoms with Crippen LogP contribution in [0.15, 0.2) is 24.4 Å². The van der Waals surface area contributed by atoms with Gasteiger partial charge in [0, 0.05) is 29.7 Å². The van der Waals surface area contributed by atoms with Gasteiger partial charge in [-0.15, -0.1) is 0 Å². The Morgan fingerprint density at radius 1 is 1.28 bits per heavy atom. The summed E-state index contributed by atoms with van der Waals surface area (Å²) < 4.78 is 0. The van der Waals surface area contributed by atoms with Crippen molar-refractivity contribution in [1.82, 2.24) is 4.98 Å². The molecule has 18 heavy (non-hydrogen) atoms. The Balaban J connectivity index is 2.29. The molecule has 0 radical (unpaired) electrons. The molecule has 1 aromatic heterocycles. The maximum atomic E-state index is 9.26. The van der Waals surface area contributed by atoms with E-state index in [9.17, 15) is 5.26 Å². The van der Waals surface area contributed by atoms with Crippen LogP contribution in [-0.2, 0) is 0 Å². The minimum absolute atomic E-state index is 0.631. The molecule has 1 aliphatic rings. The van der Waals surface area contributed by atoms with E-state index in [2.05, 4.69) is 16.0 Å². The van der Waals surface area contributed by atoms with Crippen LogP contribution in [0.4, 0.5) is 5.69 Å². The Morgan fingerprint density at radius 2 is 2.06 bits per heavy atom. The first-order valence-corrected chi connectivity index (χ1v) is 6.41. The van der Waals surface area contributed by atoms with Gasteiger partial charge in [-0.3, -0.25) is 4.98 Å². The second-order valence-electron chi connectivity index (χ2n) is 4.49. The summed E-state index contributed by atoms with van der Waals surface area (Å²) in [5.74, 6) is 0. The van der Waals surface area contributed by atoms with Crippen LogP contribution in [0.2, 0.25) is 5.02 Å². The molecule has 0 unspecified atom stereocenters. The normalized spacial score (nSPS) is 15.0. The van der Waals surface area contributed by atoms with E-state index in [-0.39, 0.29) is 0 Å². The average molecular weight is 258 g/mol. The molecule has 2 aromatic rings. The number of benzene rings is 1. The summed E-state index contributed by atoms with van der Waals surface area (Å²) in [4.78, 5) is 6.58. The zero-order chi connectivity index (χ0) is 12.5. The molecule has 0 atom stereocenters. The first-order chi connectivity index (χ1) is 8.79. The molecule has 90 valence electrons. The third-order valence-electron chi connectivity index (χ3n) is 3.34. The zero-order valence-corrected chi connectivity index (χ0v) is 10.6. The van der Waals surface area contributed by atoms with E-state index >= 15 is 0 Å². The predicted molar refractivity (Wildman–Crippen MR) is 72.9 cm³/mol. The summed E-state index contributed by atoms with van der Waals surface area (Å²) in [5.41, 5.74) is 2.51. The zero-order valence-electron chi connectivity index (χ0n) is 9.86. The van der Waals surface area contributed by atoms with Crippen molar-refractivity contribution in [3.05, 3.63) is 35.0 Å². The van der Waals surface area contributed by atoms with Crippen LogP contribution in [0.25, 0.3) is 10.9 Å². The molecular weight excluding hydrogens is 246 g/mol. The third kappa shape index (κ3) is 1.79. The molecule has 0 spiro atoms. The standard InChI is InChI=1S/C14H12ClN3/c15-11-3-4-13-12(7-11)14(10(8-16)9-17-13)18-5-1-2-6-18/h3-4,7,9H,1-2,5-6H2. The molecule has 0 aliphatic carbocycles. The van der Waals surface area contributed by atoms with Gasteiger partial charge in [0.05, 0.1) is 16.8 Å². The van der Waals surface area contributed by atoms with Crippen LogP contribution < -0.4 is 4.90 Å². The fourth-order valence-corrected chi connectivity index (χ4v) is 2.69. The number of hydrogen-bond acceptors (Lipinski definition) is 3. The van der Waals surface area contributed by atoms with E-state index < -0.39 is 0 Å². The number of nitriles is 1. The van der Waals surface area contributed by atoms with Crippen LogP contribution in [-0.4, -0.2) is 18.1 Å². The van der Waals surface area contributed by atoms with E-state index in [0.29, 0.717) is 10.6 Å². The first kappa shape index (κ1) is 11.3. The van der Waals surface area contributed by atoms with E-state index in [0.717, 1.165) is 29.7 Å². The molecule has 0 amide bonds. The van der Waals surface area contributed by atoms with Gasteiger partial charge in [0.2, 0.25) is 0 Å². The van der Waals surface area contributed by atoms with Crippen molar-refractivity contribution < 1.29 is 0 Å². The maximum Gasteiger partial charge on any atom is 0.103 e. The number of nitrogens with zero attached hydrogens (tertiary/aromatic N) is 3. The van der Waals surface area contributed by atoms with E-state index in [4.69, 9.17) is 11.6 Å². The molecule has 1 fully saturated rings. The summed E-state index contributed by atoms with van der Waals surface area (Å²) in [5, 5.41) is 10.9. The molecule has 0 N–H and O–H groups in total. The van der Waals surface area contributed by atoms with Gasteiger partial charge in [0.25, 0.3) is 0 Å². The van der Waals surface area contributed by atoms with Gasteiger partial charge in [0.15, 0.2) is 0 Å². The molecule has 4 heteroatoms. The van der Waals surface area contributed by atoms with Crippen LogP contribution in [0.5, 0.6) is 0 Å². The van der Waals surface area contributed by atoms with E-state index in [1.54, 1.807) is 6.20 Å².